The fourth-order valence-corrected chi connectivity index (χ4v) is 2.37. The molecule has 1 aliphatic heterocycles. The van der Waals surface area contributed by atoms with Gasteiger partial charge < -0.3 is 5.32 Å². The quantitative estimate of drug-likeness (QED) is 0.910. The topological polar surface area (TPSA) is 29.1 Å². The van der Waals surface area contributed by atoms with E-state index in [4.69, 9.17) is 0 Å². The van der Waals surface area contributed by atoms with Crippen LogP contribution in [0.15, 0.2) is 28.7 Å². The fraction of sp³-hybridized carbons (Fsp3) is 0.417. The van der Waals surface area contributed by atoms with Gasteiger partial charge in [0.25, 0.3) is 0 Å². The van der Waals surface area contributed by atoms with Crippen LogP contribution in [0.1, 0.15) is 12.0 Å². The lowest BCUT2D eigenvalue weighted by molar-refractivity contribution is -0.123. The third kappa shape index (κ3) is 3.30. The molecule has 0 saturated carbocycles. The van der Waals surface area contributed by atoms with Gasteiger partial charge in [0.2, 0.25) is 0 Å². The molecule has 0 bridgehead atoms. The lowest BCUT2D eigenvalue weighted by Crippen LogP contribution is -2.37. The van der Waals surface area contributed by atoms with E-state index in [0.29, 0.717) is 12.2 Å². The Morgan fingerprint density at radius 3 is 2.81 bits per heavy atom. The molecular formula is C12H15BrClNO. The second kappa shape index (κ2) is 6.38. The van der Waals surface area contributed by atoms with Gasteiger partial charge in [-0.05, 0) is 18.1 Å². The van der Waals surface area contributed by atoms with Crippen LogP contribution in [0.25, 0.3) is 0 Å². The molecule has 1 aromatic rings. The van der Waals surface area contributed by atoms with E-state index < -0.39 is 0 Å². The third-order valence-corrected chi connectivity index (χ3v) is 3.59. The van der Waals surface area contributed by atoms with Gasteiger partial charge in [-0.25, -0.2) is 0 Å². The van der Waals surface area contributed by atoms with E-state index in [1.165, 1.54) is 5.56 Å². The molecule has 0 amide bonds. The highest BCUT2D eigenvalue weighted by molar-refractivity contribution is 9.10. The van der Waals surface area contributed by atoms with Crippen LogP contribution in [0, 0.1) is 5.92 Å². The summed E-state index contributed by atoms with van der Waals surface area (Å²) in [5.41, 5.74) is 1.22. The lowest BCUT2D eigenvalue weighted by Gasteiger charge is -2.21. The maximum atomic E-state index is 11.7. The summed E-state index contributed by atoms with van der Waals surface area (Å²) in [6.07, 6.45) is 1.52. The second-order valence-corrected chi connectivity index (χ2v) is 4.77. The highest BCUT2D eigenvalue weighted by Crippen LogP contribution is 2.21. The number of carbonyl (C=O) groups excluding carboxylic acids is 1. The maximum absolute atomic E-state index is 11.7. The first-order valence-electron chi connectivity index (χ1n) is 5.24. The van der Waals surface area contributed by atoms with Crippen molar-refractivity contribution in [3.05, 3.63) is 34.3 Å². The molecule has 1 N–H and O–H groups in total. The van der Waals surface area contributed by atoms with E-state index in [1.54, 1.807) is 0 Å². The Hall–Kier alpha value is -0.380. The zero-order chi connectivity index (χ0) is 10.7. The van der Waals surface area contributed by atoms with E-state index in [-0.39, 0.29) is 18.3 Å². The lowest BCUT2D eigenvalue weighted by atomic mass is 9.91. The summed E-state index contributed by atoms with van der Waals surface area (Å²) in [5, 5.41) is 3.27. The molecule has 16 heavy (non-hydrogen) atoms. The van der Waals surface area contributed by atoms with Crippen LogP contribution in [-0.4, -0.2) is 18.9 Å². The predicted octanol–water partition coefficient (Wildman–Crippen LogP) is 2.59. The molecule has 1 unspecified atom stereocenters. The molecule has 0 spiro atoms. The van der Waals surface area contributed by atoms with Crippen LogP contribution in [0.4, 0.5) is 0 Å². The van der Waals surface area contributed by atoms with Crippen LogP contribution in [0.3, 0.4) is 0 Å². The molecule has 1 aliphatic rings. The van der Waals surface area contributed by atoms with E-state index in [2.05, 4.69) is 27.3 Å². The van der Waals surface area contributed by atoms with Gasteiger partial charge in [-0.2, -0.15) is 0 Å². The maximum Gasteiger partial charge on any atom is 0.138 e. The number of ketones is 1. The van der Waals surface area contributed by atoms with E-state index in [9.17, 15) is 4.79 Å². The number of benzene rings is 1. The zero-order valence-corrected chi connectivity index (χ0v) is 11.3. The first-order chi connectivity index (χ1) is 7.27. The minimum Gasteiger partial charge on any atom is -0.316 e. The predicted molar refractivity (Wildman–Crippen MR) is 71.1 cm³/mol. The van der Waals surface area contributed by atoms with Gasteiger partial charge in [0.05, 0.1) is 0 Å². The number of hydrogen-bond donors (Lipinski definition) is 1. The van der Waals surface area contributed by atoms with Crippen LogP contribution in [-0.2, 0) is 11.2 Å². The number of halogens is 2. The normalized spacial score (nSPS) is 20.3. The highest BCUT2D eigenvalue weighted by atomic mass is 79.9. The fourth-order valence-electron chi connectivity index (χ4n) is 1.92. The third-order valence-electron chi connectivity index (χ3n) is 2.82. The molecule has 1 aromatic carbocycles. The number of hydrogen-bond acceptors (Lipinski definition) is 2. The van der Waals surface area contributed by atoms with Crippen molar-refractivity contribution in [2.75, 3.05) is 13.1 Å². The smallest absolute Gasteiger partial charge is 0.138 e. The largest absolute Gasteiger partial charge is 0.316 e. The standard InChI is InChI=1S/C12H14BrNO.ClH/c13-11-4-2-1-3-9(11)7-10-8-14-6-5-12(10)15;/h1-4,10,14H,5-8H2;1H. The average molecular weight is 305 g/mol. The number of carbonyl (C=O) groups is 1. The Balaban J connectivity index is 0.00000128. The van der Waals surface area contributed by atoms with Crippen molar-refractivity contribution in [3.63, 3.8) is 0 Å². The van der Waals surface area contributed by atoms with Gasteiger partial charge in [0.1, 0.15) is 5.78 Å². The molecule has 2 rings (SSSR count). The van der Waals surface area contributed by atoms with Crippen molar-refractivity contribution in [1.82, 2.24) is 5.32 Å². The first-order valence-corrected chi connectivity index (χ1v) is 6.03. The minimum atomic E-state index is 0. The second-order valence-electron chi connectivity index (χ2n) is 3.91. The van der Waals surface area contributed by atoms with Crippen molar-refractivity contribution in [3.8, 4) is 0 Å². The van der Waals surface area contributed by atoms with Crippen LogP contribution in [0.2, 0.25) is 0 Å². The van der Waals surface area contributed by atoms with Crippen LogP contribution < -0.4 is 5.32 Å². The van der Waals surface area contributed by atoms with E-state index in [1.807, 2.05) is 18.2 Å². The summed E-state index contributed by atoms with van der Waals surface area (Å²) in [5.74, 6) is 0.543. The summed E-state index contributed by atoms with van der Waals surface area (Å²) >= 11 is 3.51. The van der Waals surface area contributed by atoms with Gasteiger partial charge in [-0.3, -0.25) is 4.79 Å². The van der Waals surface area contributed by atoms with Crippen molar-refractivity contribution in [1.29, 1.82) is 0 Å². The summed E-state index contributed by atoms with van der Waals surface area (Å²) in [6.45, 7) is 1.66. The Bertz CT molecular complexity index is 370. The molecule has 0 aliphatic carbocycles. The van der Waals surface area contributed by atoms with Gasteiger partial charge >= 0.3 is 0 Å². The van der Waals surface area contributed by atoms with Gasteiger partial charge in [0, 0.05) is 29.9 Å². The molecule has 0 aromatic heterocycles. The Morgan fingerprint density at radius 2 is 2.12 bits per heavy atom. The molecular weight excluding hydrogens is 289 g/mol. The number of Topliss-reactive ketones (excluding diaryl/α,β-unsaturated/α-hetero) is 1. The molecule has 4 heteroatoms. The van der Waals surface area contributed by atoms with Crippen LogP contribution in [0.5, 0.6) is 0 Å². The number of rotatable bonds is 2. The number of piperidine rings is 1. The molecule has 0 radical (unpaired) electrons. The first kappa shape index (κ1) is 13.7. The van der Waals surface area contributed by atoms with Crippen molar-refractivity contribution < 1.29 is 4.79 Å². The van der Waals surface area contributed by atoms with Gasteiger partial charge in [-0.1, -0.05) is 34.1 Å². The molecule has 88 valence electrons. The molecule has 1 saturated heterocycles. The summed E-state index contributed by atoms with van der Waals surface area (Å²) in [4.78, 5) is 11.7. The molecule has 1 atom stereocenters. The van der Waals surface area contributed by atoms with Crippen molar-refractivity contribution in [2.45, 2.75) is 12.8 Å². The van der Waals surface area contributed by atoms with Crippen molar-refractivity contribution in [2.24, 2.45) is 5.92 Å². The molecule has 1 fully saturated rings. The monoisotopic (exact) mass is 303 g/mol. The summed E-state index contributed by atoms with van der Waals surface area (Å²) in [6, 6.07) is 8.11. The Labute approximate surface area is 110 Å². The zero-order valence-electron chi connectivity index (χ0n) is 8.91. The molecule has 1 heterocycles. The highest BCUT2D eigenvalue weighted by Gasteiger charge is 2.22. The van der Waals surface area contributed by atoms with Gasteiger partial charge in [-0.15, -0.1) is 12.4 Å². The summed E-state index contributed by atoms with van der Waals surface area (Å²) < 4.78 is 1.10. The SMILES string of the molecule is Cl.O=C1CCNCC1Cc1ccccc1Br. The van der Waals surface area contributed by atoms with E-state index in [0.717, 1.165) is 24.0 Å². The van der Waals surface area contributed by atoms with Crippen molar-refractivity contribution >= 4 is 34.1 Å². The van der Waals surface area contributed by atoms with E-state index >= 15 is 0 Å². The summed E-state index contributed by atoms with van der Waals surface area (Å²) in [7, 11) is 0. The van der Waals surface area contributed by atoms with Crippen LogP contribution >= 0.6 is 28.3 Å². The Morgan fingerprint density at radius 1 is 1.38 bits per heavy atom. The van der Waals surface area contributed by atoms with Gasteiger partial charge in [0.15, 0.2) is 0 Å². The minimum absolute atomic E-state index is 0. The molecule has 2 nitrogen and oxygen atoms in total. The number of nitrogens with one attached hydrogen (secondary N) is 1. The average Bonchev–Trinajstić information content (AvgIpc) is 2.24. The Kier molecular flexibility index (Phi) is 5.46.